The van der Waals surface area contributed by atoms with Crippen LogP contribution in [-0.4, -0.2) is 15.0 Å². The summed E-state index contributed by atoms with van der Waals surface area (Å²) in [5.74, 6) is 0.559. The Bertz CT molecular complexity index is 516. The minimum atomic E-state index is -0.196. The minimum Gasteiger partial charge on any atom is -0.340 e. The van der Waals surface area contributed by atoms with Gasteiger partial charge >= 0.3 is 0 Å². The van der Waals surface area contributed by atoms with E-state index in [2.05, 4.69) is 15.0 Å². The molecular formula is C10H11N3O. The van der Waals surface area contributed by atoms with E-state index in [1.807, 2.05) is 13.8 Å². The standard InChI is InChI=1S/C10H11N3O/c1-5-4-8-9(13-10(5)14)12-7(3)6(2)11-8/h4H,1-3H3,(H,12,13,14). The molecule has 0 aromatic rings. The molecule has 0 saturated carbocycles. The van der Waals surface area contributed by atoms with E-state index in [9.17, 15) is 4.79 Å². The molecule has 4 nitrogen and oxygen atoms in total. The first-order valence-electron chi connectivity index (χ1n) is 4.43. The Balaban J connectivity index is 2.85. The van der Waals surface area contributed by atoms with Gasteiger partial charge in [0.25, 0.3) is 5.56 Å². The normalized spacial score (nSPS) is 10.8. The number of H-pyrrole nitrogens is 1. The fourth-order valence-electron chi connectivity index (χ4n) is 1.29. The van der Waals surface area contributed by atoms with Crippen LogP contribution in [0.5, 0.6) is 0 Å². The Hall–Kier alpha value is -1.71. The van der Waals surface area contributed by atoms with Crippen LogP contribution < -0.4 is 5.56 Å². The van der Waals surface area contributed by atoms with E-state index in [0.29, 0.717) is 11.4 Å². The molecule has 0 fully saturated rings. The molecule has 0 unspecified atom stereocenters. The predicted molar refractivity (Wildman–Crippen MR) is 53.5 cm³/mol. The molecular weight excluding hydrogens is 178 g/mol. The molecule has 0 atom stereocenters. The molecule has 0 aliphatic carbocycles. The van der Waals surface area contributed by atoms with Gasteiger partial charge in [0, 0.05) is 11.3 Å². The molecule has 72 valence electrons. The molecule has 0 radical (unpaired) electrons. The average Bonchev–Trinajstić information content (AvgIpc) is 2.11. The summed E-state index contributed by atoms with van der Waals surface area (Å²) in [5, 5.41) is 0. The zero-order chi connectivity index (χ0) is 10.3. The summed E-state index contributed by atoms with van der Waals surface area (Å²) in [6, 6.07) is 1.76. The Morgan fingerprint density at radius 2 is 1.93 bits per heavy atom. The molecule has 2 rings (SSSR count). The van der Waals surface area contributed by atoms with E-state index >= 15 is 0 Å². The quantitative estimate of drug-likeness (QED) is 0.677. The Morgan fingerprint density at radius 3 is 2.64 bits per heavy atom. The maximum absolute atomic E-state index is 11.3. The maximum atomic E-state index is 11.3. The molecule has 0 bridgehead atoms. The lowest BCUT2D eigenvalue weighted by atomic mass is 10.2. The molecule has 2 aliphatic heterocycles. The molecule has 2 aliphatic rings. The van der Waals surface area contributed by atoms with Crippen LogP contribution in [-0.2, 0) is 0 Å². The summed E-state index contributed by atoms with van der Waals surface area (Å²) in [4.78, 5) is 22.6. The summed E-state index contributed by atoms with van der Waals surface area (Å²) >= 11 is 0. The largest absolute Gasteiger partial charge is 0.340 e. The van der Waals surface area contributed by atoms with Gasteiger partial charge in [-0.3, -0.25) is 4.79 Å². The van der Waals surface area contributed by atoms with Crippen LogP contribution in [0.1, 0.15) is 17.0 Å². The van der Waals surface area contributed by atoms with E-state index < -0.39 is 0 Å². The number of fused-ring (bicyclic) bond motifs is 1. The molecule has 0 saturated heterocycles. The zero-order valence-corrected chi connectivity index (χ0v) is 8.38. The van der Waals surface area contributed by atoms with Crippen molar-refractivity contribution in [2.75, 3.05) is 0 Å². The maximum Gasteiger partial charge on any atom is 0.274 e. The summed E-state index contributed by atoms with van der Waals surface area (Å²) in [5.41, 5.74) is 3.04. The van der Waals surface area contributed by atoms with Gasteiger partial charge in [-0.1, -0.05) is 0 Å². The van der Waals surface area contributed by atoms with Crippen LogP contribution >= 0.6 is 0 Å². The number of pyridine rings is 1. The topological polar surface area (TPSA) is 58.6 Å². The van der Waals surface area contributed by atoms with Crippen molar-refractivity contribution in [1.29, 1.82) is 0 Å². The molecule has 0 aromatic carbocycles. The first kappa shape index (κ1) is 8.87. The van der Waals surface area contributed by atoms with Crippen molar-refractivity contribution >= 4 is 0 Å². The van der Waals surface area contributed by atoms with Gasteiger partial charge in [0.15, 0.2) is 5.82 Å². The lowest BCUT2D eigenvalue weighted by molar-refractivity contribution is 0.991. The van der Waals surface area contributed by atoms with E-state index in [1.165, 1.54) is 0 Å². The fourth-order valence-corrected chi connectivity index (χ4v) is 1.29. The van der Waals surface area contributed by atoms with Crippen LogP contribution in [0, 0.1) is 20.8 Å². The molecule has 4 heteroatoms. The lowest BCUT2D eigenvalue weighted by Gasteiger charge is -2.07. The van der Waals surface area contributed by atoms with E-state index in [0.717, 1.165) is 17.1 Å². The number of aromatic amines is 1. The summed E-state index contributed by atoms with van der Waals surface area (Å²) in [6.07, 6.45) is 0. The van der Waals surface area contributed by atoms with Crippen molar-refractivity contribution in [1.82, 2.24) is 15.0 Å². The van der Waals surface area contributed by atoms with Crippen molar-refractivity contribution in [2.24, 2.45) is 0 Å². The van der Waals surface area contributed by atoms with Gasteiger partial charge in [-0.25, -0.2) is 4.98 Å². The second kappa shape index (κ2) is 2.90. The molecule has 0 aromatic heterocycles. The van der Waals surface area contributed by atoms with Gasteiger partial charge in [0.2, 0.25) is 0 Å². The molecule has 0 spiro atoms. The lowest BCUT2D eigenvalue weighted by Crippen LogP contribution is -2.14. The van der Waals surface area contributed by atoms with E-state index in [-0.39, 0.29) is 5.56 Å². The van der Waals surface area contributed by atoms with Gasteiger partial charge in [0.1, 0.15) is 5.69 Å². The highest BCUT2D eigenvalue weighted by molar-refractivity contribution is 5.52. The third-order valence-corrected chi connectivity index (χ3v) is 2.28. The fraction of sp³-hybridized carbons (Fsp3) is 0.300. The number of hydrogen-bond acceptors (Lipinski definition) is 3. The second-order valence-electron chi connectivity index (χ2n) is 3.43. The van der Waals surface area contributed by atoms with E-state index in [1.54, 1.807) is 13.0 Å². The van der Waals surface area contributed by atoms with Gasteiger partial charge in [-0.15, -0.1) is 0 Å². The predicted octanol–water partition coefficient (Wildman–Crippen LogP) is 1.19. The minimum absolute atomic E-state index is 0.196. The summed E-state index contributed by atoms with van der Waals surface area (Å²) in [7, 11) is 0. The Morgan fingerprint density at radius 1 is 1.21 bits per heavy atom. The number of aryl methyl sites for hydroxylation is 3. The van der Waals surface area contributed by atoms with Crippen LogP contribution in [0.15, 0.2) is 10.9 Å². The molecule has 0 amide bonds. The highest BCUT2D eigenvalue weighted by Crippen LogP contribution is 2.15. The first-order chi connectivity index (χ1) is 6.58. The van der Waals surface area contributed by atoms with Gasteiger partial charge in [0.05, 0.1) is 5.69 Å². The van der Waals surface area contributed by atoms with E-state index in [4.69, 9.17) is 0 Å². The molecule has 1 N–H and O–H groups in total. The Labute approximate surface area is 81.4 Å². The van der Waals surface area contributed by atoms with Crippen LogP contribution in [0.2, 0.25) is 0 Å². The second-order valence-corrected chi connectivity index (χ2v) is 3.43. The number of nitrogens with one attached hydrogen (secondary N) is 1. The van der Waals surface area contributed by atoms with Crippen molar-refractivity contribution in [2.45, 2.75) is 20.8 Å². The number of nitrogens with zero attached hydrogens (tertiary/aromatic N) is 2. The SMILES string of the molecule is Cc1nc2cc(C)c(=O)nc-2[nH]c1C. The summed E-state index contributed by atoms with van der Waals surface area (Å²) < 4.78 is 0. The van der Waals surface area contributed by atoms with Gasteiger partial charge < -0.3 is 4.98 Å². The van der Waals surface area contributed by atoms with Gasteiger partial charge in [-0.05, 0) is 26.8 Å². The number of rotatable bonds is 0. The summed E-state index contributed by atoms with van der Waals surface area (Å²) in [6.45, 7) is 5.57. The van der Waals surface area contributed by atoms with Crippen LogP contribution in [0.25, 0.3) is 11.5 Å². The number of aromatic nitrogens is 3. The smallest absolute Gasteiger partial charge is 0.274 e. The Kier molecular flexibility index (Phi) is 1.84. The van der Waals surface area contributed by atoms with Crippen molar-refractivity contribution in [3.8, 4) is 11.5 Å². The van der Waals surface area contributed by atoms with Crippen molar-refractivity contribution in [3.05, 3.63) is 33.4 Å². The monoisotopic (exact) mass is 189 g/mol. The third kappa shape index (κ3) is 1.28. The number of hydrogen-bond donors (Lipinski definition) is 1. The highest BCUT2D eigenvalue weighted by atomic mass is 16.1. The molecule has 2 heterocycles. The van der Waals surface area contributed by atoms with Crippen LogP contribution in [0.4, 0.5) is 0 Å². The van der Waals surface area contributed by atoms with Crippen LogP contribution in [0.3, 0.4) is 0 Å². The van der Waals surface area contributed by atoms with Crippen molar-refractivity contribution < 1.29 is 0 Å². The third-order valence-electron chi connectivity index (χ3n) is 2.28. The first-order valence-corrected chi connectivity index (χ1v) is 4.43. The van der Waals surface area contributed by atoms with Crippen molar-refractivity contribution in [3.63, 3.8) is 0 Å². The highest BCUT2D eigenvalue weighted by Gasteiger charge is 2.09. The molecule has 14 heavy (non-hydrogen) atoms. The van der Waals surface area contributed by atoms with Gasteiger partial charge in [-0.2, -0.15) is 4.98 Å². The zero-order valence-electron chi connectivity index (χ0n) is 8.38. The average molecular weight is 189 g/mol.